The molecule has 2 aromatic carbocycles. The van der Waals surface area contributed by atoms with Gasteiger partial charge in [-0.1, -0.05) is 11.6 Å². The van der Waals surface area contributed by atoms with E-state index in [1.54, 1.807) is 24.3 Å². The van der Waals surface area contributed by atoms with Crippen LogP contribution in [0.2, 0.25) is 5.02 Å². The van der Waals surface area contributed by atoms with Gasteiger partial charge in [-0.15, -0.1) is 0 Å². The zero-order valence-corrected chi connectivity index (χ0v) is 13.1. The largest absolute Gasteiger partial charge is 0.459 e. The highest BCUT2D eigenvalue weighted by atomic mass is 35.5. The van der Waals surface area contributed by atoms with Gasteiger partial charge in [0.25, 0.3) is 5.91 Å². The number of nitrogens with one attached hydrogen (secondary N) is 1. The molecule has 122 valence electrons. The average molecular weight is 348 g/mol. The van der Waals surface area contributed by atoms with Crippen LogP contribution in [0.15, 0.2) is 59.0 Å². The Morgan fingerprint density at radius 1 is 1.00 bits per heavy atom. The molecule has 1 amide bonds. The summed E-state index contributed by atoms with van der Waals surface area (Å²) in [5.41, 5.74) is 0.916. The van der Waals surface area contributed by atoms with Crippen LogP contribution < -0.4 is 5.32 Å². The third-order valence-electron chi connectivity index (χ3n) is 3.39. The lowest BCUT2D eigenvalue weighted by molar-refractivity contribution is 0.0948. The number of carbonyl (C=O) groups is 1. The minimum Gasteiger partial charge on any atom is -0.459 e. The van der Waals surface area contributed by atoms with Gasteiger partial charge in [0.1, 0.15) is 23.2 Å². The molecule has 0 atom stereocenters. The molecule has 0 aliphatic heterocycles. The molecule has 0 aliphatic carbocycles. The van der Waals surface area contributed by atoms with Gasteiger partial charge in [0, 0.05) is 5.56 Å². The second-order valence-electron chi connectivity index (χ2n) is 5.08. The van der Waals surface area contributed by atoms with Crippen LogP contribution >= 0.6 is 11.6 Å². The molecule has 0 aliphatic rings. The lowest BCUT2D eigenvalue weighted by Gasteiger charge is -2.05. The van der Waals surface area contributed by atoms with Crippen LogP contribution in [0.25, 0.3) is 11.3 Å². The van der Waals surface area contributed by atoms with Crippen LogP contribution in [-0.2, 0) is 6.54 Å². The van der Waals surface area contributed by atoms with Crippen molar-refractivity contribution >= 4 is 17.5 Å². The Labute approximate surface area is 141 Å². The Morgan fingerprint density at radius 2 is 1.71 bits per heavy atom. The number of hydrogen-bond acceptors (Lipinski definition) is 2. The normalized spacial score (nSPS) is 10.6. The van der Waals surface area contributed by atoms with E-state index < -0.39 is 11.7 Å². The molecule has 3 nitrogen and oxygen atoms in total. The molecule has 1 aromatic heterocycles. The van der Waals surface area contributed by atoms with Crippen molar-refractivity contribution in [2.45, 2.75) is 6.54 Å². The molecule has 0 spiro atoms. The van der Waals surface area contributed by atoms with Crippen molar-refractivity contribution in [1.29, 1.82) is 0 Å². The predicted molar refractivity (Wildman–Crippen MR) is 86.7 cm³/mol. The fraction of sp³-hybridized carbons (Fsp3) is 0.0556. The minimum absolute atomic E-state index is 0.0407. The van der Waals surface area contributed by atoms with E-state index in [0.29, 0.717) is 11.5 Å². The van der Waals surface area contributed by atoms with Gasteiger partial charge in [0.15, 0.2) is 0 Å². The highest BCUT2D eigenvalue weighted by Crippen LogP contribution is 2.22. The van der Waals surface area contributed by atoms with E-state index in [1.165, 1.54) is 24.3 Å². The zero-order chi connectivity index (χ0) is 17.1. The number of rotatable bonds is 4. The van der Waals surface area contributed by atoms with Crippen molar-refractivity contribution < 1.29 is 18.0 Å². The number of carbonyl (C=O) groups excluding carboxylic acids is 1. The monoisotopic (exact) mass is 347 g/mol. The van der Waals surface area contributed by atoms with Gasteiger partial charge in [-0.3, -0.25) is 4.79 Å². The molecule has 0 fully saturated rings. The standard InChI is InChI=1S/C18H12ClF2NO2/c19-16-9-13(21)5-7-15(16)18(23)22-10-14-6-8-17(24-14)11-1-3-12(20)4-2-11/h1-9H,10H2,(H,22,23). The van der Waals surface area contributed by atoms with Gasteiger partial charge < -0.3 is 9.73 Å². The molecule has 0 radical (unpaired) electrons. The van der Waals surface area contributed by atoms with Crippen LogP contribution in [0.1, 0.15) is 16.1 Å². The summed E-state index contributed by atoms with van der Waals surface area (Å²) in [5.74, 6) is -0.166. The Bertz CT molecular complexity index is 875. The fourth-order valence-electron chi connectivity index (χ4n) is 2.18. The van der Waals surface area contributed by atoms with E-state index in [9.17, 15) is 13.6 Å². The summed E-state index contributed by atoms with van der Waals surface area (Å²) in [6, 6.07) is 12.9. The van der Waals surface area contributed by atoms with Gasteiger partial charge >= 0.3 is 0 Å². The van der Waals surface area contributed by atoms with Crippen molar-refractivity contribution in [3.63, 3.8) is 0 Å². The van der Waals surface area contributed by atoms with E-state index in [-0.39, 0.29) is 22.9 Å². The molecule has 0 saturated heterocycles. The molecule has 6 heteroatoms. The molecule has 1 heterocycles. The second-order valence-corrected chi connectivity index (χ2v) is 5.49. The summed E-state index contributed by atoms with van der Waals surface area (Å²) in [5, 5.41) is 2.69. The minimum atomic E-state index is -0.508. The number of halogens is 3. The van der Waals surface area contributed by atoms with Crippen molar-refractivity contribution in [3.05, 3.63) is 82.6 Å². The molecule has 3 aromatic rings. The van der Waals surface area contributed by atoms with E-state index in [4.69, 9.17) is 16.0 Å². The van der Waals surface area contributed by atoms with Crippen LogP contribution in [0, 0.1) is 11.6 Å². The summed E-state index contributed by atoms with van der Waals surface area (Å²) in [4.78, 5) is 12.1. The average Bonchev–Trinajstić information content (AvgIpc) is 3.02. The first-order chi connectivity index (χ1) is 11.5. The maximum atomic E-state index is 13.0. The zero-order valence-electron chi connectivity index (χ0n) is 12.4. The maximum absolute atomic E-state index is 13.0. The molecule has 0 unspecified atom stereocenters. The van der Waals surface area contributed by atoms with E-state index >= 15 is 0 Å². The Balaban J connectivity index is 1.67. The highest BCUT2D eigenvalue weighted by molar-refractivity contribution is 6.33. The first kappa shape index (κ1) is 16.2. The lowest BCUT2D eigenvalue weighted by Crippen LogP contribution is -2.22. The predicted octanol–water partition coefficient (Wildman–Crippen LogP) is 4.81. The van der Waals surface area contributed by atoms with E-state index in [1.807, 2.05) is 0 Å². The molecular weight excluding hydrogens is 336 g/mol. The summed E-state index contributed by atoms with van der Waals surface area (Å²) in [7, 11) is 0. The van der Waals surface area contributed by atoms with Crippen molar-refractivity contribution in [3.8, 4) is 11.3 Å². The number of furan rings is 1. The smallest absolute Gasteiger partial charge is 0.253 e. The van der Waals surface area contributed by atoms with Crippen molar-refractivity contribution in [2.24, 2.45) is 0 Å². The Morgan fingerprint density at radius 3 is 2.42 bits per heavy atom. The number of benzene rings is 2. The van der Waals surface area contributed by atoms with E-state index in [2.05, 4.69) is 5.32 Å². The molecule has 0 saturated carbocycles. The summed E-state index contributed by atoms with van der Waals surface area (Å²) >= 11 is 5.85. The van der Waals surface area contributed by atoms with Crippen molar-refractivity contribution in [2.75, 3.05) is 0 Å². The fourth-order valence-corrected chi connectivity index (χ4v) is 2.43. The van der Waals surface area contributed by atoms with Gasteiger partial charge in [-0.05, 0) is 54.6 Å². The molecule has 1 N–H and O–H groups in total. The molecule has 24 heavy (non-hydrogen) atoms. The van der Waals surface area contributed by atoms with Gasteiger partial charge in [-0.25, -0.2) is 8.78 Å². The third kappa shape index (κ3) is 3.63. The topological polar surface area (TPSA) is 42.2 Å². The second kappa shape index (κ2) is 6.84. The quantitative estimate of drug-likeness (QED) is 0.736. The van der Waals surface area contributed by atoms with Crippen molar-refractivity contribution in [1.82, 2.24) is 5.32 Å². The number of amides is 1. The summed E-state index contributed by atoms with van der Waals surface area (Å²) in [6.45, 7) is 0.147. The molecule has 3 rings (SSSR count). The summed E-state index contributed by atoms with van der Waals surface area (Å²) < 4.78 is 31.5. The first-order valence-corrected chi connectivity index (χ1v) is 7.48. The van der Waals surface area contributed by atoms with Crippen LogP contribution in [0.5, 0.6) is 0 Å². The number of hydrogen-bond donors (Lipinski definition) is 1. The SMILES string of the molecule is O=C(NCc1ccc(-c2ccc(F)cc2)o1)c1ccc(F)cc1Cl. The highest BCUT2D eigenvalue weighted by Gasteiger charge is 2.12. The van der Waals surface area contributed by atoms with Gasteiger partial charge in [0.05, 0.1) is 17.1 Å². The maximum Gasteiger partial charge on any atom is 0.253 e. The van der Waals surface area contributed by atoms with Crippen LogP contribution in [0.4, 0.5) is 8.78 Å². The molecule has 0 bridgehead atoms. The van der Waals surface area contributed by atoms with E-state index in [0.717, 1.165) is 11.6 Å². The Kier molecular flexibility index (Phi) is 4.62. The van der Waals surface area contributed by atoms with Crippen LogP contribution in [-0.4, -0.2) is 5.91 Å². The van der Waals surface area contributed by atoms with Gasteiger partial charge in [-0.2, -0.15) is 0 Å². The third-order valence-corrected chi connectivity index (χ3v) is 3.70. The lowest BCUT2D eigenvalue weighted by atomic mass is 10.2. The van der Waals surface area contributed by atoms with Crippen LogP contribution in [0.3, 0.4) is 0 Å². The Hall–Kier alpha value is -2.66. The molecular formula is C18H12ClF2NO2. The summed E-state index contributed by atoms with van der Waals surface area (Å²) in [6.07, 6.45) is 0. The van der Waals surface area contributed by atoms with Gasteiger partial charge in [0.2, 0.25) is 0 Å². The first-order valence-electron chi connectivity index (χ1n) is 7.11.